The molecule has 1 aliphatic rings. The second-order valence-corrected chi connectivity index (χ2v) is 7.21. The van der Waals surface area contributed by atoms with E-state index in [0.29, 0.717) is 6.54 Å². The summed E-state index contributed by atoms with van der Waals surface area (Å²) in [6.45, 7) is 2.00. The first kappa shape index (κ1) is 19.6. The van der Waals surface area contributed by atoms with Crippen molar-refractivity contribution in [2.24, 2.45) is 0 Å². The van der Waals surface area contributed by atoms with E-state index in [-0.39, 0.29) is 29.8 Å². The van der Waals surface area contributed by atoms with Gasteiger partial charge in [-0.1, -0.05) is 29.8 Å². The summed E-state index contributed by atoms with van der Waals surface area (Å²) in [5.74, 6) is -0.304. The summed E-state index contributed by atoms with van der Waals surface area (Å²) in [4.78, 5) is 12.1. The van der Waals surface area contributed by atoms with Crippen molar-refractivity contribution in [2.75, 3.05) is 33.2 Å². The first-order chi connectivity index (χ1) is 10.5. The van der Waals surface area contributed by atoms with Crippen molar-refractivity contribution in [2.45, 2.75) is 11.3 Å². The van der Waals surface area contributed by atoms with E-state index in [1.165, 1.54) is 24.8 Å². The van der Waals surface area contributed by atoms with Gasteiger partial charge in [0.2, 0.25) is 15.9 Å². The van der Waals surface area contributed by atoms with Gasteiger partial charge in [0.05, 0.1) is 11.4 Å². The maximum absolute atomic E-state index is 12.3. The normalized spacial score (nSPS) is 14.8. The predicted molar refractivity (Wildman–Crippen MR) is 92.1 cm³/mol. The van der Waals surface area contributed by atoms with Gasteiger partial charge in [0, 0.05) is 20.1 Å². The van der Waals surface area contributed by atoms with E-state index in [1.54, 1.807) is 18.2 Å². The van der Waals surface area contributed by atoms with Crippen molar-refractivity contribution in [3.05, 3.63) is 42.0 Å². The summed E-state index contributed by atoms with van der Waals surface area (Å²) in [5.41, 5.74) is 1.17. The zero-order valence-electron chi connectivity index (χ0n) is 13.0. The third kappa shape index (κ3) is 5.62. The number of carbonyl (C=O) groups excluding carboxylic acids is 1. The smallest absolute Gasteiger partial charge is 0.243 e. The van der Waals surface area contributed by atoms with Gasteiger partial charge in [0.25, 0.3) is 0 Å². The van der Waals surface area contributed by atoms with Crippen molar-refractivity contribution in [3.63, 3.8) is 0 Å². The lowest BCUT2D eigenvalue weighted by Crippen LogP contribution is -2.39. The maximum atomic E-state index is 12.3. The number of sulfonamides is 1. The Morgan fingerprint density at radius 1 is 1.30 bits per heavy atom. The average Bonchev–Trinajstić information content (AvgIpc) is 2.54. The molecule has 0 saturated heterocycles. The third-order valence-corrected chi connectivity index (χ3v) is 5.31. The molecule has 0 radical (unpaired) electrons. The number of nitrogens with zero attached hydrogens (tertiary/aromatic N) is 1. The molecular formula is C15H22ClN3O3S. The number of halogens is 1. The minimum Gasteiger partial charge on any atom is -0.351 e. The number of benzene rings is 1. The fourth-order valence-corrected chi connectivity index (χ4v) is 3.31. The fraction of sp³-hybridized carbons (Fsp3) is 0.400. The Morgan fingerprint density at radius 3 is 2.61 bits per heavy atom. The van der Waals surface area contributed by atoms with Crippen molar-refractivity contribution in [3.8, 4) is 0 Å². The molecule has 2 rings (SSSR count). The van der Waals surface area contributed by atoms with Gasteiger partial charge in [-0.15, -0.1) is 12.4 Å². The molecule has 0 aromatic heterocycles. The molecule has 0 spiro atoms. The molecule has 0 fully saturated rings. The summed E-state index contributed by atoms with van der Waals surface area (Å²) in [6.07, 6.45) is 2.95. The fourth-order valence-electron chi connectivity index (χ4n) is 2.16. The van der Waals surface area contributed by atoms with Gasteiger partial charge in [-0.25, -0.2) is 8.42 Å². The van der Waals surface area contributed by atoms with Crippen LogP contribution in [0, 0.1) is 0 Å². The van der Waals surface area contributed by atoms with Crippen LogP contribution >= 0.6 is 12.4 Å². The second-order valence-electron chi connectivity index (χ2n) is 5.17. The third-order valence-electron chi connectivity index (χ3n) is 3.49. The lowest BCUT2D eigenvalue weighted by atomic mass is 10.1. The highest BCUT2D eigenvalue weighted by atomic mass is 35.5. The summed E-state index contributed by atoms with van der Waals surface area (Å²) < 4.78 is 25.7. The topological polar surface area (TPSA) is 78.5 Å². The summed E-state index contributed by atoms with van der Waals surface area (Å²) in [7, 11) is -2.22. The number of carbonyl (C=O) groups is 1. The minimum absolute atomic E-state index is 0. The highest BCUT2D eigenvalue weighted by molar-refractivity contribution is 7.89. The van der Waals surface area contributed by atoms with Crippen molar-refractivity contribution in [1.29, 1.82) is 0 Å². The van der Waals surface area contributed by atoms with Crippen molar-refractivity contribution >= 4 is 28.3 Å². The van der Waals surface area contributed by atoms with E-state index in [1.807, 2.05) is 6.08 Å². The Bertz CT molecular complexity index is 647. The Kier molecular flexibility index (Phi) is 7.70. The molecule has 0 bridgehead atoms. The molecule has 0 unspecified atom stereocenters. The van der Waals surface area contributed by atoms with Gasteiger partial charge in [0.15, 0.2) is 0 Å². The molecule has 1 aromatic rings. The van der Waals surface area contributed by atoms with Crippen LogP contribution in [0.25, 0.3) is 0 Å². The number of rotatable bonds is 6. The van der Waals surface area contributed by atoms with Gasteiger partial charge in [-0.05, 0) is 25.1 Å². The first-order valence-electron chi connectivity index (χ1n) is 7.17. The Morgan fingerprint density at radius 2 is 2.00 bits per heavy atom. The van der Waals surface area contributed by atoms with Crippen LogP contribution in [-0.4, -0.2) is 51.9 Å². The molecule has 6 nitrogen and oxygen atoms in total. The lowest BCUT2D eigenvalue weighted by Gasteiger charge is -2.18. The maximum Gasteiger partial charge on any atom is 0.243 e. The van der Waals surface area contributed by atoms with Crippen LogP contribution < -0.4 is 10.6 Å². The number of hydrogen-bond acceptors (Lipinski definition) is 4. The molecule has 1 aromatic carbocycles. The molecule has 0 saturated carbocycles. The van der Waals surface area contributed by atoms with E-state index in [4.69, 9.17) is 0 Å². The molecule has 8 heteroatoms. The quantitative estimate of drug-likeness (QED) is 0.735. The van der Waals surface area contributed by atoms with Crippen LogP contribution in [0.1, 0.15) is 6.42 Å². The van der Waals surface area contributed by atoms with E-state index in [2.05, 4.69) is 10.6 Å². The molecule has 128 valence electrons. The van der Waals surface area contributed by atoms with Crippen LogP contribution in [-0.2, 0) is 14.8 Å². The number of amides is 1. The summed E-state index contributed by atoms with van der Waals surface area (Å²) >= 11 is 0. The highest BCUT2D eigenvalue weighted by Gasteiger charge is 2.22. The van der Waals surface area contributed by atoms with Gasteiger partial charge in [0.1, 0.15) is 0 Å². The number of nitrogens with one attached hydrogen (secondary N) is 2. The SMILES string of the molecule is CN(CC(=O)NCC1=CCNCC1)S(=O)(=O)c1ccccc1.Cl. The second kappa shape index (κ2) is 9.02. The van der Waals surface area contributed by atoms with Crippen molar-refractivity contribution < 1.29 is 13.2 Å². The zero-order chi connectivity index (χ0) is 16.0. The summed E-state index contributed by atoms with van der Waals surface area (Å²) in [5, 5.41) is 5.96. The Balaban J connectivity index is 0.00000264. The Labute approximate surface area is 143 Å². The monoisotopic (exact) mass is 359 g/mol. The Hall–Kier alpha value is -1.41. The molecular weight excluding hydrogens is 338 g/mol. The average molecular weight is 360 g/mol. The van der Waals surface area contributed by atoms with Crippen LogP contribution in [0.3, 0.4) is 0 Å². The predicted octanol–water partition coefficient (Wildman–Crippen LogP) is 0.765. The largest absolute Gasteiger partial charge is 0.351 e. The minimum atomic E-state index is -3.63. The van der Waals surface area contributed by atoms with Crippen LogP contribution in [0.15, 0.2) is 46.9 Å². The zero-order valence-corrected chi connectivity index (χ0v) is 14.6. The molecule has 0 aliphatic carbocycles. The van der Waals surface area contributed by atoms with E-state index < -0.39 is 10.0 Å². The standard InChI is InChI=1S/C15H21N3O3S.ClH/c1-18(22(20,21)14-5-3-2-4-6-14)12-15(19)17-11-13-7-9-16-10-8-13;/h2-7,16H,8-12H2,1H3,(H,17,19);1H. The van der Waals surface area contributed by atoms with E-state index >= 15 is 0 Å². The molecule has 1 aliphatic heterocycles. The molecule has 0 atom stereocenters. The lowest BCUT2D eigenvalue weighted by molar-refractivity contribution is -0.120. The van der Waals surface area contributed by atoms with E-state index in [9.17, 15) is 13.2 Å². The van der Waals surface area contributed by atoms with Gasteiger partial charge >= 0.3 is 0 Å². The van der Waals surface area contributed by atoms with Crippen LogP contribution in [0.2, 0.25) is 0 Å². The molecule has 2 N–H and O–H groups in total. The number of hydrogen-bond donors (Lipinski definition) is 2. The number of likely N-dealkylation sites (N-methyl/N-ethyl adjacent to an activating group) is 1. The molecule has 23 heavy (non-hydrogen) atoms. The van der Waals surface area contributed by atoms with Crippen molar-refractivity contribution in [1.82, 2.24) is 14.9 Å². The van der Waals surface area contributed by atoms with Gasteiger partial charge in [-0.3, -0.25) is 4.79 Å². The van der Waals surface area contributed by atoms with Gasteiger partial charge < -0.3 is 10.6 Å². The van der Waals surface area contributed by atoms with Crippen LogP contribution in [0.5, 0.6) is 0 Å². The highest BCUT2D eigenvalue weighted by Crippen LogP contribution is 2.12. The summed E-state index contributed by atoms with van der Waals surface area (Å²) in [6, 6.07) is 8.10. The molecule has 1 heterocycles. The van der Waals surface area contributed by atoms with E-state index in [0.717, 1.165) is 23.8 Å². The van der Waals surface area contributed by atoms with Gasteiger partial charge in [-0.2, -0.15) is 4.31 Å². The first-order valence-corrected chi connectivity index (χ1v) is 8.61. The van der Waals surface area contributed by atoms with Crippen LogP contribution in [0.4, 0.5) is 0 Å². The molecule has 1 amide bonds.